The van der Waals surface area contributed by atoms with E-state index in [-0.39, 0.29) is 5.28 Å². The number of aromatic amines is 1. The molecule has 0 aromatic carbocycles. The summed E-state index contributed by atoms with van der Waals surface area (Å²) in [4.78, 5) is 17.7. The zero-order valence-corrected chi connectivity index (χ0v) is 11.0. The van der Waals surface area contributed by atoms with Crippen molar-refractivity contribution in [3.05, 3.63) is 34.2 Å². The molecule has 0 bridgehead atoms. The molecule has 0 fully saturated rings. The molecule has 3 heterocycles. The van der Waals surface area contributed by atoms with Gasteiger partial charge >= 0.3 is 0 Å². The van der Waals surface area contributed by atoms with Crippen LogP contribution in [-0.2, 0) is 12.8 Å². The van der Waals surface area contributed by atoms with E-state index in [1.807, 2.05) is 0 Å². The molecule has 0 saturated carbocycles. The standard InChI is InChI=1S/C11H11Cl2N5/c12-7-5-14-11(13)17-10(7)18-3-1-8-9(2-4-18)16-6-15-8/h5-6H,1-4H2,(H,15,16). The third-order valence-electron chi connectivity index (χ3n) is 3.05. The highest BCUT2D eigenvalue weighted by Gasteiger charge is 2.19. The molecule has 3 rings (SSSR count). The van der Waals surface area contributed by atoms with Gasteiger partial charge in [-0.2, -0.15) is 4.98 Å². The van der Waals surface area contributed by atoms with Gasteiger partial charge in [-0.05, 0) is 11.6 Å². The number of anilines is 1. The first-order valence-electron chi connectivity index (χ1n) is 5.68. The number of hydrogen-bond donors (Lipinski definition) is 1. The van der Waals surface area contributed by atoms with Gasteiger partial charge in [0, 0.05) is 31.6 Å². The molecule has 1 aliphatic rings. The lowest BCUT2D eigenvalue weighted by molar-refractivity contribution is 0.778. The highest BCUT2D eigenvalue weighted by Crippen LogP contribution is 2.25. The summed E-state index contributed by atoms with van der Waals surface area (Å²) in [6, 6.07) is 0. The second-order valence-electron chi connectivity index (χ2n) is 4.13. The molecule has 0 spiro atoms. The molecular formula is C11H11Cl2N5. The van der Waals surface area contributed by atoms with Crippen molar-refractivity contribution in [3.63, 3.8) is 0 Å². The number of nitrogens with one attached hydrogen (secondary N) is 1. The van der Waals surface area contributed by atoms with Crippen LogP contribution in [0.4, 0.5) is 5.82 Å². The summed E-state index contributed by atoms with van der Waals surface area (Å²) in [6.45, 7) is 1.66. The smallest absolute Gasteiger partial charge is 0.224 e. The summed E-state index contributed by atoms with van der Waals surface area (Å²) in [5.41, 5.74) is 2.31. The highest BCUT2D eigenvalue weighted by atomic mass is 35.5. The topological polar surface area (TPSA) is 57.7 Å². The van der Waals surface area contributed by atoms with Gasteiger partial charge in [0.25, 0.3) is 0 Å². The first-order valence-corrected chi connectivity index (χ1v) is 6.44. The Morgan fingerprint density at radius 3 is 2.89 bits per heavy atom. The lowest BCUT2D eigenvalue weighted by atomic mass is 10.2. The van der Waals surface area contributed by atoms with Crippen LogP contribution >= 0.6 is 23.2 Å². The summed E-state index contributed by atoms with van der Waals surface area (Å²) < 4.78 is 0. The van der Waals surface area contributed by atoms with E-state index in [1.165, 1.54) is 11.9 Å². The van der Waals surface area contributed by atoms with Gasteiger partial charge in [0.15, 0.2) is 5.82 Å². The lowest BCUT2D eigenvalue weighted by Crippen LogP contribution is -2.27. The van der Waals surface area contributed by atoms with Crippen molar-refractivity contribution in [2.75, 3.05) is 18.0 Å². The zero-order chi connectivity index (χ0) is 12.5. The molecule has 0 aliphatic carbocycles. The minimum atomic E-state index is 0.218. The van der Waals surface area contributed by atoms with Crippen molar-refractivity contribution in [2.45, 2.75) is 12.8 Å². The number of halogens is 2. The number of hydrogen-bond acceptors (Lipinski definition) is 4. The predicted octanol–water partition coefficient (Wildman–Crippen LogP) is 2.11. The maximum atomic E-state index is 6.12. The summed E-state index contributed by atoms with van der Waals surface area (Å²) in [5, 5.41) is 0.744. The predicted molar refractivity (Wildman–Crippen MR) is 70.3 cm³/mol. The molecule has 0 saturated heterocycles. The molecule has 18 heavy (non-hydrogen) atoms. The average Bonchev–Trinajstić information content (AvgIpc) is 2.72. The second-order valence-corrected chi connectivity index (χ2v) is 4.87. The summed E-state index contributed by atoms with van der Waals surface area (Å²) in [5.74, 6) is 0.696. The molecular weight excluding hydrogens is 273 g/mol. The Bertz CT molecular complexity index is 546. The third kappa shape index (κ3) is 2.15. The fourth-order valence-corrected chi connectivity index (χ4v) is 2.49. The molecule has 5 nitrogen and oxygen atoms in total. The monoisotopic (exact) mass is 283 g/mol. The number of H-pyrrole nitrogens is 1. The lowest BCUT2D eigenvalue weighted by Gasteiger charge is -2.22. The SMILES string of the molecule is Clc1ncc(Cl)c(N2CCc3nc[nH]c3CC2)n1. The summed E-state index contributed by atoms with van der Waals surface area (Å²) >= 11 is 11.9. The van der Waals surface area contributed by atoms with E-state index in [0.29, 0.717) is 10.8 Å². The van der Waals surface area contributed by atoms with Crippen LogP contribution in [-0.4, -0.2) is 33.0 Å². The van der Waals surface area contributed by atoms with Gasteiger partial charge in [-0.3, -0.25) is 0 Å². The van der Waals surface area contributed by atoms with Crippen molar-refractivity contribution in [1.29, 1.82) is 0 Å². The minimum absolute atomic E-state index is 0.218. The number of aromatic nitrogens is 4. The molecule has 0 radical (unpaired) electrons. The van der Waals surface area contributed by atoms with Crippen molar-refractivity contribution in [2.24, 2.45) is 0 Å². The second kappa shape index (κ2) is 4.74. The Labute approximate surface area is 114 Å². The summed E-state index contributed by atoms with van der Waals surface area (Å²) in [6.07, 6.45) is 5.05. The maximum Gasteiger partial charge on any atom is 0.224 e. The van der Waals surface area contributed by atoms with Crippen molar-refractivity contribution >= 4 is 29.0 Å². The van der Waals surface area contributed by atoms with E-state index in [9.17, 15) is 0 Å². The molecule has 1 N–H and O–H groups in total. The van der Waals surface area contributed by atoms with E-state index in [4.69, 9.17) is 23.2 Å². The number of rotatable bonds is 1. The van der Waals surface area contributed by atoms with Crippen LogP contribution < -0.4 is 4.90 Å². The molecule has 0 atom stereocenters. The summed E-state index contributed by atoms with van der Waals surface area (Å²) in [7, 11) is 0. The van der Waals surface area contributed by atoms with Crippen molar-refractivity contribution in [3.8, 4) is 0 Å². The molecule has 0 unspecified atom stereocenters. The molecule has 7 heteroatoms. The van der Waals surface area contributed by atoms with E-state index in [0.717, 1.165) is 31.6 Å². The molecule has 2 aromatic rings. The Morgan fingerprint density at radius 1 is 1.17 bits per heavy atom. The average molecular weight is 284 g/mol. The van der Waals surface area contributed by atoms with E-state index in [1.54, 1.807) is 6.33 Å². The van der Waals surface area contributed by atoms with Crippen molar-refractivity contribution < 1.29 is 0 Å². The first kappa shape index (κ1) is 11.7. The Balaban J connectivity index is 1.86. The maximum absolute atomic E-state index is 6.12. The van der Waals surface area contributed by atoms with Gasteiger partial charge in [-0.25, -0.2) is 9.97 Å². The third-order valence-corrected chi connectivity index (χ3v) is 3.50. The largest absolute Gasteiger partial charge is 0.354 e. The van der Waals surface area contributed by atoms with Crippen LogP contribution in [0.2, 0.25) is 10.3 Å². The quantitative estimate of drug-likeness (QED) is 0.815. The van der Waals surface area contributed by atoms with Crippen LogP contribution in [0.5, 0.6) is 0 Å². The van der Waals surface area contributed by atoms with E-state index < -0.39 is 0 Å². The number of imidazole rings is 1. The first-order chi connectivity index (χ1) is 8.74. The van der Waals surface area contributed by atoms with Crippen LogP contribution in [0.25, 0.3) is 0 Å². The van der Waals surface area contributed by atoms with Gasteiger partial charge in [0.05, 0.1) is 18.2 Å². The highest BCUT2D eigenvalue weighted by molar-refractivity contribution is 6.33. The van der Waals surface area contributed by atoms with Gasteiger partial charge in [-0.1, -0.05) is 11.6 Å². The van der Waals surface area contributed by atoms with Gasteiger partial charge in [-0.15, -0.1) is 0 Å². The van der Waals surface area contributed by atoms with E-state index >= 15 is 0 Å². The van der Waals surface area contributed by atoms with Gasteiger partial charge in [0.2, 0.25) is 5.28 Å². The minimum Gasteiger partial charge on any atom is -0.354 e. The van der Waals surface area contributed by atoms with Gasteiger partial charge in [0.1, 0.15) is 5.02 Å². The Kier molecular flexibility index (Phi) is 3.09. The fourth-order valence-electron chi connectivity index (χ4n) is 2.15. The Morgan fingerprint density at radius 2 is 2.00 bits per heavy atom. The number of fused-ring (bicyclic) bond motifs is 1. The molecule has 1 aliphatic heterocycles. The van der Waals surface area contributed by atoms with Gasteiger partial charge < -0.3 is 9.88 Å². The molecule has 0 amide bonds. The molecule has 94 valence electrons. The van der Waals surface area contributed by atoms with Crippen LogP contribution in [0.1, 0.15) is 11.4 Å². The van der Waals surface area contributed by atoms with Crippen LogP contribution in [0.3, 0.4) is 0 Å². The van der Waals surface area contributed by atoms with E-state index in [2.05, 4.69) is 24.8 Å². The molecule has 2 aromatic heterocycles. The van der Waals surface area contributed by atoms with Crippen LogP contribution in [0.15, 0.2) is 12.5 Å². The Hall–Kier alpha value is -1.33. The normalized spacial score (nSPS) is 15.3. The fraction of sp³-hybridized carbons (Fsp3) is 0.364. The zero-order valence-electron chi connectivity index (χ0n) is 9.53. The van der Waals surface area contributed by atoms with Crippen molar-refractivity contribution in [1.82, 2.24) is 19.9 Å². The number of nitrogens with zero attached hydrogens (tertiary/aromatic N) is 4. The van der Waals surface area contributed by atoms with Crippen LogP contribution in [0, 0.1) is 0 Å².